The third-order valence-electron chi connectivity index (χ3n) is 3.87. The van der Waals surface area contributed by atoms with Crippen LogP contribution in [-0.4, -0.2) is 47.8 Å². The minimum Gasteiger partial charge on any atom is -0.337 e. The van der Waals surface area contributed by atoms with Crippen LogP contribution in [0.5, 0.6) is 0 Å². The van der Waals surface area contributed by atoms with Crippen molar-refractivity contribution >= 4 is 15.9 Å². The van der Waals surface area contributed by atoms with Crippen LogP contribution in [-0.2, 0) is 10.0 Å². The summed E-state index contributed by atoms with van der Waals surface area (Å²) in [5, 5.41) is 9.38. The number of nitrogens with two attached hydrogens (primary N) is 1. The zero-order valence-electron chi connectivity index (χ0n) is 12.5. The summed E-state index contributed by atoms with van der Waals surface area (Å²) in [6.07, 6.45) is 2.38. The second kappa shape index (κ2) is 6.13. The van der Waals surface area contributed by atoms with Crippen LogP contribution in [0.1, 0.15) is 16.9 Å². The van der Waals surface area contributed by atoms with Crippen molar-refractivity contribution in [1.82, 2.24) is 14.7 Å². The first-order valence-corrected chi connectivity index (χ1v) is 9.05. The zero-order chi connectivity index (χ0) is 16.4. The number of rotatable bonds is 4. The summed E-state index contributed by atoms with van der Waals surface area (Å²) in [4.78, 5) is 14.1. The van der Waals surface area contributed by atoms with Gasteiger partial charge in [-0.2, -0.15) is 5.10 Å². The maximum atomic E-state index is 12.5. The highest BCUT2D eigenvalue weighted by molar-refractivity contribution is 7.89. The van der Waals surface area contributed by atoms with Crippen molar-refractivity contribution < 1.29 is 13.2 Å². The summed E-state index contributed by atoms with van der Waals surface area (Å²) in [7, 11) is -3.51. The lowest BCUT2D eigenvalue weighted by Gasteiger charge is -2.14. The fourth-order valence-electron chi connectivity index (χ4n) is 2.81. The summed E-state index contributed by atoms with van der Waals surface area (Å²) >= 11 is 0. The Morgan fingerprint density at radius 1 is 1.26 bits per heavy atom. The van der Waals surface area contributed by atoms with Crippen LogP contribution in [0.4, 0.5) is 0 Å². The number of aromatic nitrogens is 2. The lowest BCUT2D eigenvalue weighted by atomic mass is 10.2. The van der Waals surface area contributed by atoms with Crippen LogP contribution in [0.2, 0.25) is 0 Å². The second-order valence-electron chi connectivity index (χ2n) is 5.72. The van der Waals surface area contributed by atoms with Crippen molar-refractivity contribution in [1.29, 1.82) is 0 Å². The molecule has 0 bridgehead atoms. The summed E-state index contributed by atoms with van der Waals surface area (Å²) in [6.45, 7) is 0.921. The van der Waals surface area contributed by atoms with Crippen LogP contribution in [0, 0.1) is 5.92 Å². The first-order valence-electron chi connectivity index (χ1n) is 7.33. The minimum atomic E-state index is -3.51. The van der Waals surface area contributed by atoms with Gasteiger partial charge in [0.05, 0.1) is 11.4 Å². The number of hydrogen-bond acceptors (Lipinski definition) is 4. The molecule has 2 heterocycles. The Labute approximate surface area is 134 Å². The van der Waals surface area contributed by atoms with Crippen LogP contribution in [0.25, 0.3) is 5.69 Å². The van der Waals surface area contributed by atoms with E-state index < -0.39 is 10.0 Å². The number of sulfonamides is 1. The van der Waals surface area contributed by atoms with Gasteiger partial charge in [-0.15, -0.1) is 0 Å². The number of carbonyl (C=O) groups excluding carboxylic acids is 1. The van der Waals surface area contributed by atoms with Gasteiger partial charge in [-0.1, -0.05) is 18.2 Å². The van der Waals surface area contributed by atoms with Gasteiger partial charge in [0.25, 0.3) is 5.91 Å². The number of likely N-dealkylation sites (tertiary alicyclic amines) is 1. The summed E-state index contributed by atoms with van der Waals surface area (Å²) in [6, 6.07) is 11.2. The average Bonchev–Trinajstić information content (AvgIpc) is 3.15. The van der Waals surface area contributed by atoms with E-state index in [1.54, 1.807) is 21.8 Å². The van der Waals surface area contributed by atoms with Crippen LogP contribution >= 0.6 is 0 Å². The number of primary sulfonamides is 1. The molecule has 0 spiro atoms. The molecular weight excluding hydrogens is 316 g/mol. The van der Waals surface area contributed by atoms with Crippen LogP contribution in [0.3, 0.4) is 0 Å². The molecule has 2 N–H and O–H groups in total. The van der Waals surface area contributed by atoms with Crippen molar-refractivity contribution in [3.63, 3.8) is 0 Å². The molecular formula is C15H18N4O3S. The van der Waals surface area contributed by atoms with E-state index >= 15 is 0 Å². The predicted molar refractivity (Wildman–Crippen MR) is 85.5 cm³/mol. The Balaban J connectivity index is 1.69. The summed E-state index contributed by atoms with van der Waals surface area (Å²) in [5.41, 5.74) is 1.23. The highest BCUT2D eigenvalue weighted by Crippen LogP contribution is 2.19. The monoisotopic (exact) mass is 334 g/mol. The molecule has 0 saturated carbocycles. The Kier molecular flexibility index (Phi) is 4.18. The van der Waals surface area contributed by atoms with E-state index in [9.17, 15) is 13.2 Å². The third-order valence-corrected chi connectivity index (χ3v) is 4.81. The normalized spacial score (nSPS) is 18.3. The van der Waals surface area contributed by atoms with E-state index in [4.69, 9.17) is 5.14 Å². The second-order valence-corrected chi connectivity index (χ2v) is 7.38. The molecule has 1 saturated heterocycles. The number of nitrogens with zero attached hydrogens (tertiary/aromatic N) is 3. The van der Waals surface area contributed by atoms with E-state index in [1.165, 1.54) is 0 Å². The van der Waals surface area contributed by atoms with Gasteiger partial charge in [-0.3, -0.25) is 4.79 Å². The number of para-hydroxylation sites is 1. The molecule has 1 fully saturated rings. The van der Waals surface area contributed by atoms with Crippen molar-refractivity contribution in [2.24, 2.45) is 11.1 Å². The molecule has 0 aliphatic carbocycles. The maximum Gasteiger partial charge on any atom is 0.274 e. The van der Waals surface area contributed by atoms with E-state index in [0.29, 0.717) is 25.2 Å². The fraction of sp³-hybridized carbons (Fsp3) is 0.333. The first kappa shape index (κ1) is 15.7. The lowest BCUT2D eigenvalue weighted by Crippen LogP contribution is -2.31. The Bertz CT molecular complexity index is 801. The molecule has 3 rings (SSSR count). The maximum absolute atomic E-state index is 12.5. The van der Waals surface area contributed by atoms with E-state index in [0.717, 1.165) is 5.69 Å². The minimum absolute atomic E-state index is 0.0881. The Hall–Kier alpha value is -2.19. The molecule has 1 unspecified atom stereocenters. The van der Waals surface area contributed by atoms with Crippen molar-refractivity contribution in [3.8, 4) is 5.69 Å². The first-order chi connectivity index (χ1) is 10.9. The van der Waals surface area contributed by atoms with Gasteiger partial charge in [0, 0.05) is 19.3 Å². The van der Waals surface area contributed by atoms with Gasteiger partial charge < -0.3 is 4.90 Å². The average molecular weight is 334 g/mol. The molecule has 7 nitrogen and oxygen atoms in total. The molecule has 1 aromatic carbocycles. The fourth-order valence-corrected chi connectivity index (χ4v) is 3.74. The third kappa shape index (κ3) is 3.77. The molecule has 1 aromatic heterocycles. The van der Waals surface area contributed by atoms with Gasteiger partial charge in [-0.05, 0) is 30.5 Å². The zero-order valence-corrected chi connectivity index (χ0v) is 13.3. The molecule has 1 amide bonds. The highest BCUT2D eigenvalue weighted by atomic mass is 32.2. The van der Waals surface area contributed by atoms with Crippen molar-refractivity contribution in [2.45, 2.75) is 6.42 Å². The largest absolute Gasteiger partial charge is 0.337 e. The quantitative estimate of drug-likeness (QED) is 0.886. The Morgan fingerprint density at radius 3 is 2.70 bits per heavy atom. The number of amides is 1. The number of carbonyl (C=O) groups is 1. The lowest BCUT2D eigenvalue weighted by molar-refractivity contribution is 0.0782. The van der Waals surface area contributed by atoms with Crippen molar-refractivity contribution in [3.05, 3.63) is 48.3 Å². The topological polar surface area (TPSA) is 98.3 Å². The number of hydrogen-bond donors (Lipinski definition) is 1. The smallest absolute Gasteiger partial charge is 0.274 e. The van der Waals surface area contributed by atoms with E-state index in [1.807, 2.05) is 30.3 Å². The molecule has 8 heteroatoms. The SMILES string of the molecule is NS(=O)(=O)CC1CCN(C(=O)c2ccn(-c3ccccc3)n2)C1. The van der Waals surface area contributed by atoms with Crippen LogP contribution < -0.4 is 5.14 Å². The predicted octanol–water partition coefficient (Wildman–Crippen LogP) is 0.623. The van der Waals surface area contributed by atoms with Crippen molar-refractivity contribution in [2.75, 3.05) is 18.8 Å². The molecule has 2 aromatic rings. The van der Waals surface area contributed by atoms with E-state index in [2.05, 4.69) is 5.10 Å². The van der Waals surface area contributed by atoms with E-state index in [-0.39, 0.29) is 17.6 Å². The molecule has 1 aliphatic rings. The van der Waals surface area contributed by atoms with Gasteiger partial charge in [0.2, 0.25) is 10.0 Å². The molecule has 1 aliphatic heterocycles. The standard InChI is InChI=1S/C15H18N4O3S/c16-23(21,22)11-12-6-8-18(10-12)15(20)14-7-9-19(17-14)13-4-2-1-3-5-13/h1-5,7,9,12H,6,8,10-11H2,(H2,16,21,22). The van der Waals surface area contributed by atoms with Gasteiger partial charge >= 0.3 is 0 Å². The molecule has 23 heavy (non-hydrogen) atoms. The van der Waals surface area contributed by atoms with Crippen LogP contribution in [0.15, 0.2) is 42.6 Å². The highest BCUT2D eigenvalue weighted by Gasteiger charge is 2.30. The molecule has 122 valence electrons. The summed E-state index contributed by atoms with van der Waals surface area (Å²) in [5.74, 6) is -0.378. The number of benzene rings is 1. The van der Waals surface area contributed by atoms with Gasteiger partial charge in [0.1, 0.15) is 0 Å². The Morgan fingerprint density at radius 2 is 2.00 bits per heavy atom. The molecule has 1 atom stereocenters. The van der Waals surface area contributed by atoms with Gasteiger partial charge in [-0.25, -0.2) is 18.2 Å². The summed E-state index contributed by atoms with van der Waals surface area (Å²) < 4.78 is 23.9. The van der Waals surface area contributed by atoms with Gasteiger partial charge in [0.15, 0.2) is 5.69 Å². The molecule has 0 radical (unpaired) electrons.